The fourth-order valence-electron chi connectivity index (χ4n) is 2.75. The summed E-state index contributed by atoms with van der Waals surface area (Å²) in [5.41, 5.74) is 2.19. The molecule has 0 atom stereocenters. The lowest BCUT2D eigenvalue weighted by Crippen LogP contribution is -2.00. The van der Waals surface area contributed by atoms with Gasteiger partial charge in [0.2, 0.25) is 0 Å². The van der Waals surface area contributed by atoms with Crippen LogP contribution in [0.25, 0.3) is 22.0 Å². The van der Waals surface area contributed by atoms with Crippen molar-refractivity contribution in [3.8, 4) is 33.5 Å². The molecule has 2 aromatic carbocycles. The predicted octanol–water partition coefficient (Wildman–Crippen LogP) is 6.29. The van der Waals surface area contributed by atoms with E-state index in [1.165, 1.54) is 6.07 Å². The molecule has 142 valence electrons. The molecule has 4 aromatic rings. The van der Waals surface area contributed by atoms with Crippen LogP contribution in [-0.2, 0) is 6.61 Å². The summed E-state index contributed by atoms with van der Waals surface area (Å²) in [6.07, 6.45) is 1.86. The van der Waals surface area contributed by atoms with Crippen LogP contribution in [0.15, 0.2) is 64.6 Å². The van der Waals surface area contributed by atoms with Crippen molar-refractivity contribution in [1.29, 1.82) is 0 Å². The summed E-state index contributed by atoms with van der Waals surface area (Å²) >= 11 is 4.88. The van der Waals surface area contributed by atoms with Crippen molar-refractivity contribution in [3.63, 3.8) is 0 Å². The van der Waals surface area contributed by atoms with Gasteiger partial charge in [0.15, 0.2) is 11.5 Å². The highest BCUT2D eigenvalue weighted by molar-refractivity contribution is 9.10. The summed E-state index contributed by atoms with van der Waals surface area (Å²) in [6, 6.07) is 14.5. The molecule has 0 bridgehead atoms. The van der Waals surface area contributed by atoms with Crippen LogP contribution in [0.1, 0.15) is 5.56 Å². The highest BCUT2D eigenvalue weighted by Gasteiger charge is 2.12. The zero-order valence-corrected chi connectivity index (χ0v) is 17.3. The van der Waals surface area contributed by atoms with Gasteiger partial charge in [-0.3, -0.25) is 0 Å². The summed E-state index contributed by atoms with van der Waals surface area (Å²) in [6.45, 7) is 0.111. The van der Waals surface area contributed by atoms with Crippen LogP contribution in [0.2, 0.25) is 0 Å². The van der Waals surface area contributed by atoms with Gasteiger partial charge < -0.3 is 14.5 Å². The van der Waals surface area contributed by atoms with E-state index in [-0.39, 0.29) is 12.4 Å². The second-order valence-corrected chi connectivity index (χ2v) is 7.87. The molecular formula is C21H16BrFN2O2S. The first kappa shape index (κ1) is 18.7. The number of aromatic amines is 1. The van der Waals surface area contributed by atoms with E-state index in [2.05, 4.69) is 25.9 Å². The maximum absolute atomic E-state index is 14.0. The smallest absolute Gasteiger partial charge is 0.161 e. The second-order valence-electron chi connectivity index (χ2n) is 6.00. The summed E-state index contributed by atoms with van der Waals surface area (Å²) in [5.74, 6) is 1.62. The van der Waals surface area contributed by atoms with Crippen molar-refractivity contribution in [2.75, 3.05) is 7.11 Å². The van der Waals surface area contributed by atoms with E-state index < -0.39 is 0 Å². The predicted molar refractivity (Wildman–Crippen MR) is 112 cm³/mol. The monoisotopic (exact) mass is 458 g/mol. The molecule has 0 aliphatic carbocycles. The van der Waals surface area contributed by atoms with Crippen LogP contribution in [0.4, 0.5) is 4.39 Å². The zero-order chi connectivity index (χ0) is 19.5. The SMILES string of the molecule is COc1cc(-c2c[nH]c(-c3cccs3)n2)ccc1OCc1ccc(Br)cc1F. The van der Waals surface area contributed by atoms with E-state index in [0.29, 0.717) is 21.5 Å². The number of imidazole rings is 1. The molecule has 4 rings (SSSR count). The molecule has 0 amide bonds. The molecule has 28 heavy (non-hydrogen) atoms. The van der Waals surface area contributed by atoms with Crippen molar-refractivity contribution in [2.24, 2.45) is 0 Å². The average Bonchev–Trinajstić information content (AvgIpc) is 3.39. The molecule has 0 spiro atoms. The standard InChI is InChI=1S/C21H16BrFN2O2S/c1-26-19-9-13(17-11-24-21(25-17)20-3-2-8-28-20)5-7-18(19)27-12-14-4-6-15(22)10-16(14)23/h2-11H,12H2,1H3,(H,24,25). The molecule has 0 saturated carbocycles. The molecule has 1 N–H and O–H groups in total. The number of thiophene rings is 1. The Labute approximate surface area is 174 Å². The number of nitrogens with zero attached hydrogens (tertiary/aromatic N) is 1. The van der Waals surface area contributed by atoms with Gasteiger partial charge in [-0.15, -0.1) is 11.3 Å². The molecule has 2 aromatic heterocycles. The quantitative estimate of drug-likeness (QED) is 0.369. The van der Waals surface area contributed by atoms with E-state index in [1.807, 2.05) is 41.9 Å². The van der Waals surface area contributed by atoms with Crippen LogP contribution < -0.4 is 9.47 Å². The first-order valence-corrected chi connectivity index (χ1v) is 10.2. The van der Waals surface area contributed by atoms with E-state index in [9.17, 15) is 4.39 Å². The van der Waals surface area contributed by atoms with Crippen molar-refractivity contribution in [1.82, 2.24) is 9.97 Å². The van der Waals surface area contributed by atoms with Gasteiger partial charge in [-0.05, 0) is 41.8 Å². The first-order valence-electron chi connectivity index (χ1n) is 8.48. The van der Waals surface area contributed by atoms with Crippen molar-refractivity contribution in [3.05, 3.63) is 76.0 Å². The lowest BCUT2D eigenvalue weighted by Gasteiger charge is -2.12. The van der Waals surface area contributed by atoms with Gasteiger partial charge in [-0.25, -0.2) is 9.37 Å². The third kappa shape index (κ3) is 3.95. The number of hydrogen-bond donors (Lipinski definition) is 1. The molecule has 0 radical (unpaired) electrons. The number of methoxy groups -OCH3 is 1. The van der Waals surface area contributed by atoms with Gasteiger partial charge >= 0.3 is 0 Å². The van der Waals surface area contributed by atoms with E-state index in [0.717, 1.165) is 22.0 Å². The molecule has 0 unspecified atom stereocenters. The number of rotatable bonds is 6. The minimum absolute atomic E-state index is 0.111. The summed E-state index contributed by atoms with van der Waals surface area (Å²) in [7, 11) is 1.58. The van der Waals surface area contributed by atoms with Gasteiger partial charge in [0.05, 0.1) is 17.7 Å². The Morgan fingerprint density at radius 1 is 1.14 bits per heavy atom. The molecule has 0 saturated heterocycles. The Hall–Kier alpha value is -2.64. The highest BCUT2D eigenvalue weighted by Crippen LogP contribution is 2.33. The van der Waals surface area contributed by atoms with E-state index in [4.69, 9.17) is 9.47 Å². The number of ether oxygens (including phenoxy) is 2. The van der Waals surface area contributed by atoms with Crippen LogP contribution in [-0.4, -0.2) is 17.1 Å². The first-order chi connectivity index (χ1) is 13.6. The number of H-pyrrole nitrogens is 1. The number of hydrogen-bond acceptors (Lipinski definition) is 4. The Balaban J connectivity index is 1.54. The van der Waals surface area contributed by atoms with Gasteiger partial charge in [-0.2, -0.15) is 0 Å². The minimum atomic E-state index is -0.317. The third-order valence-electron chi connectivity index (χ3n) is 4.19. The summed E-state index contributed by atoms with van der Waals surface area (Å²) < 4.78 is 25.9. The molecule has 0 aliphatic heterocycles. The van der Waals surface area contributed by atoms with Crippen LogP contribution in [0, 0.1) is 5.82 Å². The maximum atomic E-state index is 14.0. The number of benzene rings is 2. The lowest BCUT2D eigenvalue weighted by atomic mass is 10.1. The average molecular weight is 459 g/mol. The lowest BCUT2D eigenvalue weighted by molar-refractivity contribution is 0.280. The van der Waals surface area contributed by atoms with E-state index >= 15 is 0 Å². The summed E-state index contributed by atoms with van der Waals surface area (Å²) in [4.78, 5) is 8.92. The molecular weight excluding hydrogens is 443 g/mol. The van der Waals surface area contributed by atoms with Crippen LogP contribution >= 0.6 is 27.3 Å². The topological polar surface area (TPSA) is 47.1 Å². The van der Waals surface area contributed by atoms with Crippen molar-refractivity contribution in [2.45, 2.75) is 6.61 Å². The Kier molecular flexibility index (Phi) is 5.45. The minimum Gasteiger partial charge on any atom is -0.493 e. The number of aromatic nitrogens is 2. The van der Waals surface area contributed by atoms with Gasteiger partial charge in [-0.1, -0.05) is 28.1 Å². The molecule has 2 heterocycles. The van der Waals surface area contributed by atoms with Gasteiger partial charge in [0, 0.05) is 21.8 Å². The fraction of sp³-hybridized carbons (Fsp3) is 0.0952. The number of halogens is 2. The van der Waals surface area contributed by atoms with Crippen LogP contribution in [0.3, 0.4) is 0 Å². The zero-order valence-electron chi connectivity index (χ0n) is 14.9. The van der Waals surface area contributed by atoms with Gasteiger partial charge in [0.1, 0.15) is 18.2 Å². The Morgan fingerprint density at radius 3 is 2.79 bits per heavy atom. The van der Waals surface area contributed by atoms with Crippen molar-refractivity contribution < 1.29 is 13.9 Å². The Bertz CT molecular complexity index is 1100. The molecule has 0 aliphatic rings. The van der Waals surface area contributed by atoms with Crippen LogP contribution in [0.5, 0.6) is 11.5 Å². The Morgan fingerprint density at radius 2 is 2.04 bits per heavy atom. The van der Waals surface area contributed by atoms with Gasteiger partial charge in [0.25, 0.3) is 0 Å². The second kappa shape index (κ2) is 8.16. The molecule has 7 heteroatoms. The number of nitrogens with one attached hydrogen (secondary N) is 1. The molecule has 4 nitrogen and oxygen atoms in total. The largest absolute Gasteiger partial charge is 0.493 e. The van der Waals surface area contributed by atoms with E-state index in [1.54, 1.807) is 30.6 Å². The summed E-state index contributed by atoms with van der Waals surface area (Å²) in [5, 5.41) is 2.01. The fourth-order valence-corrected chi connectivity index (χ4v) is 3.76. The normalized spacial score (nSPS) is 10.8. The third-order valence-corrected chi connectivity index (χ3v) is 5.56. The molecule has 0 fully saturated rings. The van der Waals surface area contributed by atoms with Crippen molar-refractivity contribution >= 4 is 27.3 Å². The maximum Gasteiger partial charge on any atom is 0.161 e. The highest BCUT2D eigenvalue weighted by atomic mass is 79.9.